The maximum atomic E-state index is 13.2. The quantitative estimate of drug-likeness (QED) is 0.530. The van der Waals surface area contributed by atoms with E-state index in [-0.39, 0.29) is 22.4 Å². The zero-order valence-corrected chi connectivity index (χ0v) is 10.4. The first-order chi connectivity index (χ1) is 9.90. The fraction of sp³-hybridized carbons (Fsp3) is 0. The molecule has 0 unspecified atom stereocenters. The number of hydrogen-bond acceptors (Lipinski definition) is 4. The molecule has 2 aromatic carbocycles. The number of rotatable bonds is 4. The summed E-state index contributed by atoms with van der Waals surface area (Å²) in [7, 11) is 0. The minimum Gasteiger partial charge on any atom is -0.478 e. The van der Waals surface area contributed by atoms with Gasteiger partial charge in [-0.15, -0.1) is 0 Å². The zero-order valence-electron chi connectivity index (χ0n) is 10.4. The number of nitro groups is 1. The number of ketones is 1. The van der Waals surface area contributed by atoms with Crippen LogP contribution in [-0.4, -0.2) is 21.8 Å². The Balaban J connectivity index is 2.46. The molecule has 6 nitrogen and oxygen atoms in total. The van der Waals surface area contributed by atoms with Gasteiger partial charge in [0.1, 0.15) is 5.82 Å². The topological polar surface area (TPSA) is 97.5 Å². The van der Waals surface area contributed by atoms with Crippen molar-refractivity contribution in [1.29, 1.82) is 0 Å². The Bertz CT molecular complexity index is 740. The van der Waals surface area contributed by atoms with Gasteiger partial charge in [-0.25, -0.2) is 9.18 Å². The fourth-order valence-corrected chi connectivity index (χ4v) is 1.78. The fourth-order valence-electron chi connectivity index (χ4n) is 1.78. The van der Waals surface area contributed by atoms with E-state index in [2.05, 4.69) is 0 Å². The summed E-state index contributed by atoms with van der Waals surface area (Å²) < 4.78 is 13.2. The van der Waals surface area contributed by atoms with E-state index in [0.717, 1.165) is 30.3 Å². The molecule has 21 heavy (non-hydrogen) atoms. The Morgan fingerprint density at radius 2 is 1.67 bits per heavy atom. The molecule has 0 saturated carbocycles. The summed E-state index contributed by atoms with van der Waals surface area (Å²) in [5.74, 6) is -2.83. The van der Waals surface area contributed by atoms with Crippen LogP contribution in [-0.2, 0) is 0 Å². The number of halogens is 1. The van der Waals surface area contributed by atoms with E-state index >= 15 is 0 Å². The lowest BCUT2D eigenvalue weighted by Crippen LogP contribution is -2.10. The van der Waals surface area contributed by atoms with Crippen LogP contribution in [0.15, 0.2) is 42.5 Å². The molecule has 0 amide bonds. The Morgan fingerprint density at radius 3 is 2.19 bits per heavy atom. The molecule has 2 aromatic rings. The predicted molar refractivity (Wildman–Crippen MR) is 69.9 cm³/mol. The van der Waals surface area contributed by atoms with Crippen LogP contribution in [0.4, 0.5) is 10.1 Å². The van der Waals surface area contributed by atoms with Gasteiger partial charge in [0, 0.05) is 23.3 Å². The first-order valence-electron chi connectivity index (χ1n) is 5.72. The largest absolute Gasteiger partial charge is 0.478 e. The van der Waals surface area contributed by atoms with Crippen molar-refractivity contribution in [2.45, 2.75) is 0 Å². The number of carbonyl (C=O) groups excluding carboxylic acids is 1. The standard InChI is InChI=1S/C14H8FNO5/c15-9-3-6-11(14(18)19)12(7-9)13(17)8-1-4-10(5-2-8)16(20)21/h1-7H,(H,18,19). The molecule has 0 bridgehead atoms. The van der Waals surface area contributed by atoms with Crippen LogP contribution in [0.5, 0.6) is 0 Å². The second-order valence-corrected chi connectivity index (χ2v) is 4.13. The molecule has 0 radical (unpaired) electrons. The number of carbonyl (C=O) groups is 2. The van der Waals surface area contributed by atoms with Crippen molar-refractivity contribution in [3.8, 4) is 0 Å². The minimum absolute atomic E-state index is 0.0358. The first kappa shape index (κ1) is 14.3. The zero-order chi connectivity index (χ0) is 15.6. The van der Waals surface area contributed by atoms with Crippen LogP contribution in [0.3, 0.4) is 0 Å². The van der Waals surface area contributed by atoms with Crippen LogP contribution < -0.4 is 0 Å². The Kier molecular flexibility index (Phi) is 3.75. The molecule has 0 fully saturated rings. The summed E-state index contributed by atoms with van der Waals surface area (Å²) in [5.41, 5.74) is -0.811. The van der Waals surface area contributed by atoms with Gasteiger partial charge in [0.2, 0.25) is 0 Å². The number of nitrogens with zero attached hydrogens (tertiary/aromatic N) is 1. The lowest BCUT2D eigenvalue weighted by atomic mass is 9.98. The minimum atomic E-state index is -1.36. The summed E-state index contributed by atoms with van der Waals surface area (Å²) >= 11 is 0. The van der Waals surface area contributed by atoms with Crippen LogP contribution in [0.2, 0.25) is 0 Å². The molecular weight excluding hydrogens is 281 g/mol. The van der Waals surface area contributed by atoms with E-state index in [1.54, 1.807) is 0 Å². The van der Waals surface area contributed by atoms with Crippen molar-refractivity contribution < 1.29 is 24.0 Å². The van der Waals surface area contributed by atoms with Gasteiger partial charge in [-0.05, 0) is 30.3 Å². The SMILES string of the molecule is O=C(O)c1ccc(F)cc1C(=O)c1ccc([N+](=O)[O-])cc1. The number of hydrogen-bond donors (Lipinski definition) is 1. The molecule has 0 aliphatic heterocycles. The van der Waals surface area contributed by atoms with Gasteiger partial charge in [-0.2, -0.15) is 0 Å². The monoisotopic (exact) mass is 289 g/mol. The van der Waals surface area contributed by atoms with Gasteiger partial charge in [0.25, 0.3) is 5.69 Å². The predicted octanol–water partition coefficient (Wildman–Crippen LogP) is 2.66. The number of non-ortho nitro benzene ring substituents is 1. The third-order valence-electron chi connectivity index (χ3n) is 2.80. The Labute approximate surface area is 117 Å². The van der Waals surface area contributed by atoms with Crippen molar-refractivity contribution in [2.75, 3.05) is 0 Å². The third kappa shape index (κ3) is 2.92. The molecule has 0 heterocycles. The molecule has 0 aliphatic carbocycles. The van der Waals surface area contributed by atoms with Gasteiger partial charge < -0.3 is 5.11 Å². The second kappa shape index (κ2) is 5.49. The molecule has 1 N–H and O–H groups in total. The van der Waals surface area contributed by atoms with Gasteiger partial charge in [-0.3, -0.25) is 14.9 Å². The van der Waals surface area contributed by atoms with E-state index in [0.29, 0.717) is 0 Å². The van der Waals surface area contributed by atoms with Crippen LogP contribution >= 0.6 is 0 Å². The number of carboxylic acid groups (broad SMARTS) is 1. The Hall–Kier alpha value is -3.09. The van der Waals surface area contributed by atoms with Crippen molar-refractivity contribution >= 4 is 17.4 Å². The van der Waals surface area contributed by atoms with Gasteiger partial charge in [0.15, 0.2) is 5.78 Å². The molecule has 2 rings (SSSR count). The highest BCUT2D eigenvalue weighted by atomic mass is 19.1. The molecule has 7 heteroatoms. The van der Waals surface area contributed by atoms with Crippen molar-refractivity contribution in [1.82, 2.24) is 0 Å². The number of nitro benzene ring substituents is 1. The van der Waals surface area contributed by atoms with Crippen LogP contribution in [0.1, 0.15) is 26.3 Å². The maximum Gasteiger partial charge on any atom is 0.336 e. The van der Waals surface area contributed by atoms with Crippen molar-refractivity contribution in [3.05, 3.63) is 75.1 Å². The van der Waals surface area contributed by atoms with Gasteiger partial charge in [0.05, 0.1) is 10.5 Å². The summed E-state index contributed by atoms with van der Waals surface area (Å²) in [6.45, 7) is 0. The van der Waals surface area contributed by atoms with E-state index in [9.17, 15) is 24.1 Å². The van der Waals surface area contributed by atoms with E-state index < -0.39 is 22.5 Å². The number of carboxylic acids is 1. The molecule has 106 valence electrons. The lowest BCUT2D eigenvalue weighted by molar-refractivity contribution is -0.384. The number of benzene rings is 2. The molecule has 0 aliphatic rings. The highest BCUT2D eigenvalue weighted by Gasteiger charge is 2.19. The van der Waals surface area contributed by atoms with Gasteiger partial charge in [-0.1, -0.05) is 0 Å². The lowest BCUT2D eigenvalue weighted by Gasteiger charge is -2.05. The normalized spacial score (nSPS) is 10.1. The highest BCUT2D eigenvalue weighted by molar-refractivity contribution is 6.14. The summed E-state index contributed by atoms with van der Waals surface area (Å²) in [5, 5.41) is 19.5. The number of aromatic carboxylic acids is 1. The van der Waals surface area contributed by atoms with Gasteiger partial charge >= 0.3 is 5.97 Å². The van der Waals surface area contributed by atoms with Crippen molar-refractivity contribution in [2.24, 2.45) is 0 Å². The first-order valence-corrected chi connectivity index (χ1v) is 5.72. The van der Waals surface area contributed by atoms with E-state index in [1.165, 1.54) is 12.1 Å². The van der Waals surface area contributed by atoms with Crippen LogP contribution in [0.25, 0.3) is 0 Å². The highest BCUT2D eigenvalue weighted by Crippen LogP contribution is 2.19. The molecular formula is C14H8FNO5. The molecule has 0 atom stereocenters. The van der Waals surface area contributed by atoms with Crippen molar-refractivity contribution in [3.63, 3.8) is 0 Å². The Morgan fingerprint density at radius 1 is 1.05 bits per heavy atom. The second-order valence-electron chi connectivity index (χ2n) is 4.13. The smallest absolute Gasteiger partial charge is 0.336 e. The molecule has 0 spiro atoms. The average Bonchev–Trinajstić information content (AvgIpc) is 2.46. The third-order valence-corrected chi connectivity index (χ3v) is 2.80. The average molecular weight is 289 g/mol. The summed E-state index contributed by atoms with van der Waals surface area (Å²) in [6.07, 6.45) is 0. The van der Waals surface area contributed by atoms with E-state index in [1.807, 2.05) is 0 Å². The molecule has 0 saturated heterocycles. The maximum absolute atomic E-state index is 13.2. The van der Waals surface area contributed by atoms with Crippen LogP contribution in [0, 0.1) is 15.9 Å². The van der Waals surface area contributed by atoms with E-state index in [4.69, 9.17) is 5.11 Å². The summed E-state index contributed by atoms with van der Waals surface area (Å²) in [4.78, 5) is 33.2. The molecule has 0 aromatic heterocycles. The summed E-state index contributed by atoms with van der Waals surface area (Å²) in [6, 6.07) is 7.38.